The lowest BCUT2D eigenvalue weighted by molar-refractivity contribution is 0.0562. The zero-order valence-electron chi connectivity index (χ0n) is 13.9. The Bertz CT molecular complexity index is 841. The smallest absolute Gasteiger partial charge is 0.265 e. The summed E-state index contributed by atoms with van der Waals surface area (Å²) in [4.78, 5) is 26.2. The molecular weight excluding hydrogens is 318 g/mol. The SMILES string of the molecule is C=CCc1ccccc1Oc1cccc2c1C(=O)N(CC(C)O)C2=O. The van der Waals surface area contributed by atoms with Gasteiger partial charge in [-0.05, 0) is 37.1 Å². The molecule has 0 bridgehead atoms. The number of hydrogen-bond acceptors (Lipinski definition) is 4. The highest BCUT2D eigenvalue weighted by atomic mass is 16.5. The number of nitrogens with zero attached hydrogens (tertiary/aromatic N) is 1. The maximum Gasteiger partial charge on any atom is 0.265 e. The molecule has 0 spiro atoms. The summed E-state index contributed by atoms with van der Waals surface area (Å²) in [5, 5.41) is 9.54. The van der Waals surface area contributed by atoms with Gasteiger partial charge in [0.25, 0.3) is 11.8 Å². The largest absolute Gasteiger partial charge is 0.456 e. The second-order valence-corrected chi connectivity index (χ2v) is 5.95. The monoisotopic (exact) mass is 337 g/mol. The molecule has 0 saturated heterocycles. The molecule has 5 nitrogen and oxygen atoms in total. The number of fused-ring (bicyclic) bond motifs is 1. The maximum atomic E-state index is 12.7. The van der Waals surface area contributed by atoms with Gasteiger partial charge in [0.15, 0.2) is 0 Å². The predicted octanol–water partition coefficient (Wildman–Crippen LogP) is 3.18. The van der Waals surface area contributed by atoms with Crippen LogP contribution in [0.4, 0.5) is 0 Å². The molecule has 1 aliphatic rings. The van der Waals surface area contributed by atoms with E-state index in [1.165, 1.54) is 6.92 Å². The van der Waals surface area contributed by atoms with Gasteiger partial charge >= 0.3 is 0 Å². The molecule has 2 amide bonds. The van der Waals surface area contributed by atoms with Crippen molar-refractivity contribution in [1.82, 2.24) is 4.90 Å². The highest BCUT2D eigenvalue weighted by molar-refractivity contribution is 6.22. The minimum atomic E-state index is -0.792. The van der Waals surface area contributed by atoms with Crippen LogP contribution in [0.1, 0.15) is 33.2 Å². The second-order valence-electron chi connectivity index (χ2n) is 5.95. The van der Waals surface area contributed by atoms with Gasteiger partial charge in [-0.1, -0.05) is 30.3 Å². The van der Waals surface area contributed by atoms with Gasteiger partial charge < -0.3 is 9.84 Å². The summed E-state index contributed by atoms with van der Waals surface area (Å²) in [5.41, 5.74) is 1.47. The Hall–Kier alpha value is -2.92. The van der Waals surface area contributed by atoms with Gasteiger partial charge in [-0.3, -0.25) is 14.5 Å². The summed E-state index contributed by atoms with van der Waals surface area (Å²) in [5.74, 6) is 0.0916. The van der Waals surface area contributed by atoms with Crippen LogP contribution >= 0.6 is 0 Å². The van der Waals surface area contributed by atoms with Gasteiger partial charge in [0.05, 0.1) is 23.8 Å². The summed E-state index contributed by atoms with van der Waals surface area (Å²) < 4.78 is 5.97. The van der Waals surface area contributed by atoms with Crippen molar-refractivity contribution in [1.29, 1.82) is 0 Å². The number of hydrogen-bond donors (Lipinski definition) is 1. The van der Waals surface area contributed by atoms with E-state index in [0.717, 1.165) is 10.5 Å². The molecule has 0 aliphatic carbocycles. The Morgan fingerprint density at radius 3 is 2.56 bits per heavy atom. The lowest BCUT2D eigenvalue weighted by Crippen LogP contribution is -2.35. The second kappa shape index (κ2) is 6.91. The van der Waals surface area contributed by atoms with Gasteiger partial charge in [0.1, 0.15) is 11.5 Å². The van der Waals surface area contributed by atoms with Crippen LogP contribution in [-0.4, -0.2) is 34.5 Å². The number of β-amino-alcohol motifs (C(OH)–C–C–N with tert-alkyl or cyclic N) is 1. The Morgan fingerprint density at radius 1 is 1.12 bits per heavy atom. The number of para-hydroxylation sites is 1. The molecule has 2 aromatic rings. The number of imide groups is 1. The number of aliphatic hydroxyl groups is 1. The Kier molecular flexibility index (Phi) is 4.67. The summed E-state index contributed by atoms with van der Waals surface area (Å²) in [6.45, 7) is 5.23. The minimum absolute atomic E-state index is 0.0428. The number of amides is 2. The Labute approximate surface area is 146 Å². The molecular formula is C20H19NO4. The van der Waals surface area contributed by atoms with Crippen molar-refractivity contribution in [3.63, 3.8) is 0 Å². The maximum absolute atomic E-state index is 12.7. The lowest BCUT2D eigenvalue weighted by atomic mass is 10.1. The summed E-state index contributed by atoms with van der Waals surface area (Å²) in [6.07, 6.45) is 1.61. The Morgan fingerprint density at radius 2 is 1.84 bits per heavy atom. The van der Waals surface area contributed by atoms with E-state index >= 15 is 0 Å². The van der Waals surface area contributed by atoms with Crippen LogP contribution in [0.25, 0.3) is 0 Å². The van der Waals surface area contributed by atoms with E-state index in [4.69, 9.17) is 4.74 Å². The molecule has 1 unspecified atom stereocenters. The molecule has 3 rings (SSSR count). The van der Waals surface area contributed by atoms with E-state index in [-0.39, 0.29) is 12.1 Å². The van der Waals surface area contributed by atoms with Crippen molar-refractivity contribution in [2.24, 2.45) is 0 Å². The summed E-state index contributed by atoms with van der Waals surface area (Å²) >= 11 is 0. The molecule has 5 heteroatoms. The number of carbonyl (C=O) groups is 2. The van der Waals surface area contributed by atoms with Crippen LogP contribution < -0.4 is 4.74 Å². The molecule has 0 saturated carbocycles. The standard InChI is InChI=1S/C20H19NO4/c1-3-7-14-8-4-5-10-16(14)25-17-11-6-9-15-18(17)20(24)21(19(15)23)12-13(2)22/h3-6,8-11,13,22H,1,7,12H2,2H3. The fraction of sp³-hybridized carbons (Fsp3) is 0.200. The van der Waals surface area contributed by atoms with Crippen LogP contribution in [0, 0.1) is 0 Å². The third-order valence-corrected chi connectivity index (χ3v) is 3.96. The molecule has 1 N–H and O–H groups in total. The van der Waals surface area contributed by atoms with E-state index < -0.39 is 17.9 Å². The van der Waals surface area contributed by atoms with E-state index in [9.17, 15) is 14.7 Å². The number of allylic oxidation sites excluding steroid dienone is 1. The van der Waals surface area contributed by atoms with Crippen LogP contribution in [0.2, 0.25) is 0 Å². The average molecular weight is 337 g/mol. The predicted molar refractivity (Wildman–Crippen MR) is 93.9 cm³/mol. The lowest BCUT2D eigenvalue weighted by Gasteiger charge is -2.15. The fourth-order valence-corrected chi connectivity index (χ4v) is 2.86. The van der Waals surface area contributed by atoms with Gasteiger partial charge in [0, 0.05) is 0 Å². The zero-order chi connectivity index (χ0) is 18.0. The van der Waals surface area contributed by atoms with Gasteiger partial charge in [0.2, 0.25) is 0 Å². The third-order valence-electron chi connectivity index (χ3n) is 3.96. The molecule has 0 aromatic heterocycles. The highest BCUT2D eigenvalue weighted by Gasteiger charge is 2.38. The quantitative estimate of drug-likeness (QED) is 0.649. The Balaban J connectivity index is 1.99. The average Bonchev–Trinajstić information content (AvgIpc) is 2.82. The van der Waals surface area contributed by atoms with E-state index in [1.54, 1.807) is 24.3 Å². The number of ether oxygens (including phenoxy) is 1. The normalized spacial score (nSPS) is 14.4. The fourth-order valence-electron chi connectivity index (χ4n) is 2.86. The summed E-state index contributed by atoms with van der Waals surface area (Å²) in [6, 6.07) is 12.4. The molecule has 25 heavy (non-hydrogen) atoms. The molecule has 2 aromatic carbocycles. The van der Waals surface area contributed by atoms with Gasteiger partial charge in [-0.15, -0.1) is 6.58 Å². The zero-order valence-corrected chi connectivity index (χ0v) is 13.9. The molecule has 0 radical (unpaired) electrons. The van der Waals surface area contributed by atoms with Crippen molar-refractivity contribution in [2.75, 3.05) is 6.54 Å². The number of benzene rings is 2. The number of aliphatic hydroxyl groups excluding tert-OH is 1. The molecule has 0 fully saturated rings. The first kappa shape index (κ1) is 16.9. The molecule has 128 valence electrons. The molecule has 1 heterocycles. The minimum Gasteiger partial charge on any atom is -0.456 e. The van der Waals surface area contributed by atoms with E-state index in [0.29, 0.717) is 23.5 Å². The van der Waals surface area contributed by atoms with Crippen LogP contribution in [0.3, 0.4) is 0 Å². The van der Waals surface area contributed by atoms with Gasteiger partial charge in [-0.25, -0.2) is 0 Å². The highest BCUT2D eigenvalue weighted by Crippen LogP contribution is 2.35. The van der Waals surface area contributed by atoms with Crippen LogP contribution in [-0.2, 0) is 6.42 Å². The first-order valence-electron chi connectivity index (χ1n) is 8.07. The number of rotatable bonds is 6. The first-order valence-corrected chi connectivity index (χ1v) is 8.07. The van der Waals surface area contributed by atoms with Crippen molar-refractivity contribution in [2.45, 2.75) is 19.4 Å². The van der Waals surface area contributed by atoms with E-state index in [2.05, 4.69) is 6.58 Å². The van der Waals surface area contributed by atoms with Crippen molar-refractivity contribution < 1.29 is 19.4 Å². The third kappa shape index (κ3) is 3.19. The van der Waals surface area contributed by atoms with E-state index in [1.807, 2.05) is 24.3 Å². The first-order chi connectivity index (χ1) is 12.0. The number of carbonyl (C=O) groups excluding carboxylic acids is 2. The van der Waals surface area contributed by atoms with Crippen LogP contribution in [0.15, 0.2) is 55.1 Å². The molecule has 1 atom stereocenters. The van der Waals surface area contributed by atoms with Crippen molar-refractivity contribution >= 4 is 11.8 Å². The summed E-state index contributed by atoms with van der Waals surface area (Å²) in [7, 11) is 0. The van der Waals surface area contributed by atoms with Crippen LogP contribution in [0.5, 0.6) is 11.5 Å². The topological polar surface area (TPSA) is 66.8 Å². The van der Waals surface area contributed by atoms with Gasteiger partial charge in [-0.2, -0.15) is 0 Å². The van der Waals surface area contributed by atoms with Crippen molar-refractivity contribution in [3.05, 3.63) is 71.8 Å². The van der Waals surface area contributed by atoms with Crippen molar-refractivity contribution in [3.8, 4) is 11.5 Å². The molecule has 1 aliphatic heterocycles.